The Labute approximate surface area is 113 Å². The Hall–Kier alpha value is -1.40. The maximum absolute atomic E-state index is 11.6. The third-order valence-corrected chi connectivity index (χ3v) is 3.20. The summed E-state index contributed by atoms with van der Waals surface area (Å²) in [4.78, 5) is 13.9. The van der Waals surface area contributed by atoms with E-state index in [1.807, 2.05) is 11.6 Å². The minimum Gasteiger partial charge on any atom is -0.461 e. The summed E-state index contributed by atoms with van der Waals surface area (Å²) in [5, 5.41) is 4.30. The zero-order valence-electron chi connectivity index (χ0n) is 11.6. The van der Waals surface area contributed by atoms with E-state index in [-0.39, 0.29) is 5.97 Å². The molecule has 6 nitrogen and oxygen atoms in total. The van der Waals surface area contributed by atoms with E-state index >= 15 is 0 Å². The molecule has 0 unspecified atom stereocenters. The van der Waals surface area contributed by atoms with Crippen LogP contribution in [-0.2, 0) is 16.0 Å². The number of nitrogens with zero attached hydrogens (tertiary/aromatic N) is 3. The lowest BCUT2D eigenvalue weighted by atomic mass is 10.3. The van der Waals surface area contributed by atoms with E-state index in [9.17, 15) is 4.79 Å². The Kier molecular flexibility index (Phi) is 4.93. The van der Waals surface area contributed by atoms with Gasteiger partial charge in [0.1, 0.15) is 0 Å². The molecule has 1 aromatic rings. The molecule has 1 aromatic heterocycles. The van der Waals surface area contributed by atoms with Gasteiger partial charge in [-0.25, -0.2) is 4.79 Å². The molecule has 0 amide bonds. The average molecular weight is 267 g/mol. The van der Waals surface area contributed by atoms with Gasteiger partial charge in [0.25, 0.3) is 0 Å². The second-order valence-electron chi connectivity index (χ2n) is 4.57. The standard InChI is InChI=1S/C13H21N3O3/c1-3-19-13(17)12-10-11(2)16(14-12)5-4-15-6-8-18-9-7-15/h10H,3-9H2,1-2H3. The van der Waals surface area contributed by atoms with Gasteiger partial charge in [-0.3, -0.25) is 9.58 Å². The van der Waals surface area contributed by atoms with E-state index in [1.165, 1.54) is 0 Å². The zero-order chi connectivity index (χ0) is 13.7. The summed E-state index contributed by atoms with van der Waals surface area (Å²) in [6, 6.07) is 1.78. The maximum Gasteiger partial charge on any atom is 0.358 e. The molecule has 2 rings (SSSR count). The van der Waals surface area contributed by atoms with E-state index in [4.69, 9.17) is 9.47 Å². The van der Waals surface area contributed by atoms with Crippen LogP contribution in [0.4, 0.5) is 0 Å². The largest absolute Gasteiger partial charge is 0.461 e. The summed E-state index contributed by atoms with van der Waals surface area (Å²) >= 11 is 0. The summed E-state index contributed by atoms with van der Waals surface area (Å²) in [5.74, 6) is -0.351. The Morgan fingerprint density at radius 1 is 1.42 bits per heavy atom. The van der Waals surface area contributed by atoms with Gasteiger partial charge in [0.15, 0.2) is 5.69 Å². The first-order valence-corrected chi connectivity index (χ1v) is 6.72. The van der Waals surface area contributed by atoms with Crippen molar-refractivity contribution in [3.05, 3.63) is 17.5 Å². The number of ether oxygens (including phenoxy) is 2. The number of rotatable bonds is 5. The normalized spacial score (nSPS) is 16.5. The number of hydrogen-bond donors (Lipinski definition) is 0. The Morgan fingerprint density at radius 3 is 2.84 bits per heavy atom. The molecule has 1 aliphatic rings. The first-order chi connectivity index (χ1) is 9.20. The van der Waals surface area contributed by atoms with Crippen LogP contribution in [0.1, 0.15) is 23.1 Å². The smallest absolute Gasteiger partial charge is 0.358 e. The van der Waals surface area contributed by atoms with Crippen LogP contribution in [0.3, 0.4) is 0 Å². The first kappa shape index (κ1) is 14.0. The van der Waals surface area contributed by atoms with E-state index < -0.39 is 0 Å². The fraction of sp³-hybridized carbons (Fsp3) is 0.692. The molecule has 0 bridgehead atoms. The predicted octanol–water partition coefficient (Wildman–Crippen LogP) is 0.700. The van der Waals surface area contributed by atoms with Crippen LogP contribution in [0, 0.1) is 6.92 Å². The Bertz CT molecular complexity index is 425. The minimum atomic E-state index is -0.351. The van der Waals surface area contributed by atoms with Gasteiger partial charge in [-0.15, -0.1) is 0 Å². The molecule has 106 valence electrons. The minimum absolute atomic E-state index is 0.351. The van der Waals surface area contributed by atoms with E-state index in [0.29, 0.717) is 12.3 Å². The van der Waals surface area contributed by atoms with Crippen LogP contribution in [0.15, 0.2) is 6.07 Å². The SMILES string of the molecule is CCOC(=O)c1cc(C)n(CCN2CCOCC2)n1. The lowest BCUT2D eigenvalue weighted by molar-refractivity contribution is 0.0358. The van der Waals surface area contributed by atoms with Crippen molar-refractivity contribution < 1.29 is 14.3 Å². The van der Waals surface area contributed by atoms with Crippen LogP contribution in [0.5, 0.6) is 0 Å². The molecule has 2 heterocycles. The molecular weight excluding hydrogens is 246 g/mol. The fourth-order valence-electron chi connectivity index (χ4n) is 2.10. The summed E-state index contributed by atoms with van der Waals surface area (Å²) in [6.45, 7) is 9.35. The van der Waals surface area contributed by atoms with Crippen LogP contribution < -0.4 is 0 Å². The van der Waals surface area contributed by atoms with Crippen molar-refractivity contribution in [1.29, 1.82) is 0 Å². The highest BCUT2D eigenvalue weighted by Gasteiger charge is 2.14. The van der Waals surface area contributed by atoms with Gasteiger partial charge < -0.3 is 9.47 Å². The van der Waals surface area contributed by atoms with Crippen molar-refractivity contribution in [3.63, 3.8) is 0 Å². The summed E-state index contributed by atoms with van der Waals surface area (Å²) < 4.78 is 12.1. The number of carbonyl (C=O) groups is 1. The van der Waals surface area contributed by atoms with Gasteiger partial charge in [-0.1, -0.05) is 0 Å². The molecule has 0 spiro atoms. The molecule has 0 aromatic carbocycles. The first-order valence-electron chi connectivity index (χ1n) is 6.72. The van der Waals surface area contributed by atoms with Crippen molar-refractivity contribution in [2.45, 2.75) is 20.4 Å². The van der Waals surface area contributed by atoms with E-state index in [0.717, 1.165) is 45.1 Å². The average Bonchev–Trinajstić information content (AvgIpc) is 2.79. The van der Waals surface area contributed by atoms with Crippen molar-refractivity contribution in [2.75, 3.05) is 39.5 Å². The molecule has 1 aliphatic heterocycles. The van der Waals surface area contributed by atoms with Crippen LogP contribution >= 0.6 is 0 Å². The maximum atomic E-state index is 11.6. The number of hydrogen-bond acceptors (Lipinski definition) is 5. The predicted molar refractivity (Wildman–Crippen MR) is 70.2 cm³/mol. The molecule has 19 heavy (non-hydrogen) atoms. The number of carbonyl (C=O) groups excluding carboxylic acids is 1. The Morgan fingerprint density at radius 2 is 2.16 bits per heavy atom. The van der Waals surface area contributed by atoms with Gasteiger partial charge in [-0.2, -0.15) is 5.10 Å². The molecule has 6 heteroatoms. The molecule has 1 saturated heterocycles. The third-order valence-electron chi connectivity index (χ3n) is 3.20. The molecule has 0 aliphatic carbocycles. The highest BCUT2D eigenvalue weighted by Crippen LogP contribution is 2.06. The third kappa shape index (κ3) is 3.78. The molecule has 0 N–H and O–H groups in total. The van der Waals surface area contributed by atoms with Crippen molar-refractivity contribution >= 4 is 5.97 Å². The molecule has 1 fully saturated rings. The van der Waals surface area contributed by atoms with Crippen molar-refractivity contribution in [3.8, 4) is 0 Å². The second kappa shape index (κ2) is 6.68. The number of aromatic nitrogens is 2. The van der Waals surface area contributed by atoms with E-state index in [2.05, 4.69) is 10.00 Å². The van der Waals surface area contributed by atoms with Crippen LogP contribution in [0.25, 0.3) is 0 Å². The van der Waals surface area contributed by atoms with Crippen molar-refractivity contribution in [1.82, 2.24) is 14.7 Å². The molecule has 0 radical (unpaired) electrons. The number of esters is 1. The quantitative estimate of drug-likeness (QED) is 0.735. The lowest BCUT2D eigenvalue weighted by Gasteiger charge is -2.26. The van der Waals surface area contributed by atoms with Crippen molar-refractivity contribution in [2.24, 2.45) is 0 Å². The highest BCUT2D eigenvalue weighted by atomic mass is 16.5. The monoisotopic (exact) mass is 267 g/mol. The molecular formula is C13H21N3O3. The highest BCUT2D eigenvalue weighted by molar-refractivity contribution is 5.87. The lowest BCUT2D eigenvalue weighted by Crippen LogP contribution is -2.38. The van der Waals surface area contributed by atoms with Crippen LogP contribution in [0.2, 0.25) is 0 Å². The van der Waals surface area contributed by atoms with Crippen LogP contribution in [-0.4, -0.2) is 60.1 Å². The van der Waals surface area contributed by atoms with Gasteiger partial charge in [0.2, 0.25) is 0 Å². The molecule has 0 atom stereocenters. The second-order valence-corrected chi connectivity index (χ2v) is 4.57. The van der Waals surface area contributed by atoms with Gasteiger partial charge in [0, 0.05) is 25.3 Å². The number of morpholine rings is 1. The van der Waals surface area contributed by atoms with Gasteiger partial charge in [0.05, 0.1) is 26.4 Å². The number of aryl methyl sites for hydroxylation is 1. The fourth-order valence-corrected chi connectivity index (χ4v) is 2.10. The summed E-state index contributed by atoms with van der Waals surface area (Å²) in [7, 11) is 0. The van der Waals surface area contributed by atoms with Gasteiger partial charge >= 0.3 is 5.97 Å². The van der Waals surface area contributed by atoms with E-state index in [1.54, 1.807) is 13.0 Å². The van der Waals surface area contributed by atoms with Gasteiger partial charge in [-0.05, 0) is 19.9 Å². The summed E-state index contributed by atoms with van der Waals surface area (Å²) in [5.41, 5.74) is 1.37. The summed E-state index contributed by atoms with van der Waals surface area (Å²) in [6.07, 6.45) is 0. The topological polar surface area (TPSA) is 56.6 Å². The molecule has 0 saturated carbocycles. The zero-order valence-corrected chi connectivity index (χ0v) is 11.6. The Balaban J connectivity index is 1.90.